The first-order chi connectivity index (χ1) is 13.8. The number of imidazole rings is 1. The van der Waals surface area contributed by atoms with Gasteiger partial charge in [-0.2, -0.15) is 0 Å². The van der Waals surface area contributed by atoms with Crippen molar-refractivity contribution in [2.24, 2.45) is 0 Å². The minimum absolute atomic E-state index is 0.0677. The molecule has 1 atom stereocenters. The summed E-state index contributed by atoms with van der Waals surface area (Å²) in [6.07, 6.45) is 3.62. The smallest absolute Gasteiger partial charge is 0.291 e. The van der Waals surface area contributed by atoms with Crippen LogP contribution in [0.25, 0.3) is 0 Å². The Balaban J connectivity index is 0.000000687. The van der Waals surface area contributed by atoms with E-state index in [1.165, 1.54) is 0 Å². The summed E-state index contributed by atoms with van der Waals surface area (Å²) in [6.45, 7) is 0.0677. The highest BCUT2D eigenvalue weighted by molar-refractivity contribution is 6.35. The lowest BCUT2D eigenvalue weighted by Crippen LogP contribution is -2.14. The summed E-state index contributed by atoms with van der Waals surface area (Å²) in [6, 6.07) is 12.5. The Hall–Kier alpha value is -2.52. The number of hydrogen-bond acceptors (Lipinski definition) is 5. The minimum atomic E-state index is -1.50. The number of nitrogens with one attached hydrogen (secondary N) is 1. The van der Waals surface area contributed by atoms with E-state index in [2.05, 4.69) is 9.97 Å². The van der Waals surface area contributed by atoms with Crippen molar-refractivity contribution in [2.45, 2.75) is 12.5 Å². The van der Waals surface area contributed by atoms with E-state index in [0.29, 0.717) is 33.1 Å². The maximum absolute atomic E-state index is 8.36. The predicted octanol–water partition coefficient (Wildman–Crippen LogP) is 5.36. The average molecular weight is 461 g/mol. The van der Waals surface area contributed by atoms with E-state index in [4.69, 9.17) is 59.6 Å². The SMILES string of the molecule is Clc1ccc(OCOC(Cc2ccc(Cl)cc2Cl)c2ncc[nH]2)cc1.O=[N+]([O-])O. The summed E-state index contributed by atoms with van der Waals surface area (Å²) in [5.41, 5.74) is 0.916. The molecule has 1 unspecified atom stereocenters. The van der Waals surface area contributed by atoms with Gasteiger partial charge in [0, 0.05) is 33.9 Å². The number of H-pyrrole nitrogens is 1. The molecule has 0 amide bonds. The van der Waals surface area contributed by atoms with Gasteiger partial charge < -0.3 is 19.7 Å². The Morgan fingerprint density at radius 3 is 2.38 bits per heavy atom. The van der Waals surface area contributed by atoms with Gasteiger partial charge in [-0.3, -0.25) is 0 Å². The number of hydrogen-bond donors (Lipinski definition) is 2. The van der Waals surface area contributed by atoms with Crippen LogP contribution >= 0.6 is 34.8 Å². The summed E-state index contributed by atoms with van der Waals surface area (Å²) >= 11 is 18.1. The summed E-state index contributed by atoms with van der Waals surface area (Å²) < 4.78 is 11.5. The fraction of sp³-hybridized carbons (Fsp3) is 0.167. The van der Waals surface area contributed by atoms with Gasteiger partial charge in [0.15, 0.2) is 6.79 Å². The highest BCUT2D eigenvalue weighted by Gasteiger charge is 2.17. The molecule has 3 rings (SSSR count). The first-order valence-corrected chi connectivity index (χ1v) is 9.25. The molecule has 29 heavy (non-hydrogen) atoms. The van der Waals surface area contributed by atoms with E-state index in [-0.39, 0.29) is 12.9 Å². The lowest BCUT2D eigenvalue weighted by molar-refractivity contribution is -0.742. The lowest BCUT2D eigenvalue weighted by atomic mass is 10.1. The molecule has 0 aliphatic heterocycles. The average Bonchev–Trinajstić information content (AvgIpc) is 3.18. The van der Waals surface area contributed by atoms with Gasteiger partial charge in [0.1, 0.15) is 17.7 Å². The second kappa shape index (κ2) is 11.5. The van der Waals surface area contributed by atoms with Gasteiger partial charge in [0.2, 0.25) is 0 Å². The van der Waals surface area contributed by atoms with Crippen LogP contribution in [-0.4, -0.2) is 27.1 Å². The van der Waals surface area contributed by atoms with Crippen molar-refractivity contribution in [3.8, 4) is 5.75 Å². The first kappa shape index (κ1) is 22.8. The molecule has 2 aromatic carbocycles. The fourth-order valence-corrected chi connectivity index (χ4v) is 2.90. The number of aromatic nitrogens is 2. The second-order valence-electron chi connectivity index (χ2n) is 5.52. The molecule has 0 radical (unpaired) electrons. The molecule has 0 aliphatic rings. The van der Waals surface area contributed by atoms with Crippen LogP contribution < -0.4 is 4.74 Å². The van der Waals surface area contributed by atoms with E-state index < -0.39 is 5.09 Å². The van der Waals surface area contributed by atoms with Gasteiger partial charge in [-0.05, 0) is 42.0 Å². The highest BCUT2D eigenvalue weighted by atomic mass is 35.5. The molecule has 8 nitrogen and oxygen atoms in total. The molecule has 0 fully saturated rings. The summed E-state index contributed by atoms with van der Waals surface area (Å²) in [5.74, 6) is 1.37. The van der Waals surface area contributed by atoms with Gasteiger partial charge in [-0.15, -0.1) is 10.1 Å². The quantitative estimate of drug-likeness (QED) is 0.279. The molecule has 0 aliphatic carbocycles. The molecule has 1 heterocycles. The number of halogens is 3. The van der Waals surface area contributed by atoms with Crippen LogP contribution in [0.5, 0.6) is 5.75 Å². The van der Waals surface area contributed by atoms with Crippen molar-refractivity contribution < 1.29 is 19.8 Å². The number of aromatic amines is 1. The van der Waals surface area contributed by atoms with Gasteiger partial charge in [-0.25, -0.2) is 4.98 Å². The van der Waals surface area contributed by atoms with Gasteiger partial charge in [0.25, 0.3) is 5.09 Å². The molecule has 0 saturated carbocycles. The Morgan fingerprint density at radius 1 is 1.14 bits per heavy atom. The molecule has 0 saturated heterocycles. The maximum Gasteiger partial charge on any atom is 0.291 e. The topological polar surface area (TPSA) is 111 Å². The molecular weight excluding hydrogens is 445 g/mol. The Labute approximate surface area is 181 Å². The van der Waals surface area contributed by atoms with Crippen molar-refractivity contribution in [3.63, 3.8) is 0 Å². The molecule has 11 heteroatoms. The molecule has 1 aromatic heterocycles. The summed E-state index contributed by atoms with van der Waals surface area (Å²) in [5, 5.41) is 15.5. The maximum atomic E-state index is 8.36. The summed E-state index contributed by atoms with van der Waals surface area (Å²) in [4.78, 5) is 15.7. The van der Waals surface area contributed by atoms with Crippen LogP contribution in [0.4, 0.5) is 0 Å². The van der Waals surface area contributed by atoms with E-state index >= 15 is 0 Å². The van der Waals surface area contributed by atoms with Crippen LogP contribution in [0.15, 0.2) is 54.9 Å². The monoisotopic (exact) mass is 459 g/mol. The van der Waals surface area contributed by atoms with E-state index in [1.807, 2.05) is 6.07 Å². The molecule has 154 valence electrons. The van der Waals surface area contributed by atoms with E-state index in [1.54, 1.807) is 48.8 Å². The third-order valence-corrected chi connectivity index (χ3v) is 4.39. The molecular formula is C18H16Cl3N3O5. The number of rotatable bonds is 7. The van der Waals surface area contributed by atoms with Crippen molar-refractivity contribution in [1.29, 1.82) is 0 Å². The van der Waals surface area contributed by atoms with Crippen molar-refractivity contribution in [1.82, 2.24) is 9.97 Å². The standard InChI is InChI=1S/C18H15Cl3N2O2.HNO3/c19-13-3-5-15(6-4-13)24-11-25-17(18-22-7-8-23-18)9-12-1-2-14(20)10-16(12)21;2-1(3)4/h1-8,10,17H,9,11H2,(H,22,23);(H,2,3,4). The molecule has 3 aromatic rings. The first-order valence-electron chi connectivity index (χ1n) is 8.11. The Morgan fingerprint density at radius 2 is 1.79 bits per heavy atom. The number of ether oxygens (including phenoxy) is 2. The molecule has 2 N–H and O–H groups in total. The van der Waals surface area contributed by atoms with Crippen molar-refractivity contribution in [2.75, 3.05) is 6.79 Å². The largest absolute Gasteiger partial charge is 0.468 e. The Kier molecular flexibility index (Phi) is 9.01. The number of nitrogens with zero attached hydrogens (tertiary/aromatic N) is 2. The predicted molar refractivity (Wildman–Crippen MR) is 108 cm³/mol. The normalized spacial score (nSPS) is 11.3. The van der Waals surface area contributed by atoms with Crippen LogP contribution in [0.2, 0.25) is 15.1 Å². The zero-order valence-corrected chi connectivity index (χ0v) is 17.1. The van der Waals surface area contributed by atoms with Gasteiger partial charge >= 0.3 is 0 Å². The summed E-state index contributed by atoms with van der Waals surface area (Å²) in [7, 11) is 0. The van der Waals surface area contributed by atoms with Crippen LogP contribution in [-0.2, 0) is 11.2 Å². The van der Waals surface area contributed by atoms with Crippen LogP contribution in [0.3, 0.4) is 0 Å². The number of benzene rings is 2. The van der Waals surface area contributed by atoms with Crippen LogP contribution in [0, 0.1) is 10.1 Å². The highest BCUT2D eigenvalue weighted by Crippen LogP contribution is 2.27. The minimum Gasteiger partial charge on any atom is -0.468 e. The van der Waals surface area contributed by atoms with Gasteiger partial charge in [0.05, 0.1) is 0 Å². The zero-order chi connectivity index (χ0) is 21.2. The Bertz CT molecular complexity index is 904. The molecule has 0 spiro atoms. The van der Waals surface area contributed by atoms with E-state index in [9.17, 15) is 0 Å². The third-order valence-electron chi connectivity index (χ3n) is 3.55. The van der Waals surface area contributed by atoms with Gasteiger partial charge in [-0.1, -0.05) is 40.9 Å². The molecule has 0 bridgehead atoms. The second-order valence-corrected chi connectivity index (χ2v) is 6.80. The van der Waals surface area contributed by atoms with Crippen molar-refractivity contribution >= 4 is 34.8 Å². The van der Waals surface area contributed by atoms with Crippen LogP contribution in [0.1, 0.15) is 17.5 Å². The lowest BCUT2D eigenvalue weighted by Gasteiger charge is -2.17. The fourth-order valence-electron chi connectivity index (χ4n) is 2.29. The third kappa shape index (κ3) is 8.16. The van der Waals surface area contributed by atoms with Crippen molar-refractivity contribution in [3.05, 3.63) is 91.4 Å². The zero-order valence-electron chi connectivity index (χ0n) is 14.8. The van der Waals surface area contributed by atoms with E-state index in [0.717, 1.165) is 5.56 Å².